The van der Waals surface area contributed by atoms with Gasteiger partial charge < -0.3 is 10.4 Å². The van der Waals surface area contributed by atoms with Crippen molar-refractivity contribution in [2.45, 2.75) is 19.4 Å². The maximum atomic E-state index is 11.2. The summed E-state index contributed by atoms with van der Waals surface area (Å²) >= 11 is 0. The molecule has 2 amide bonds. The van der Waals surface area contributed by atoms with Crippen LogP contribution >= 0.6 is 0 Å². The topological polar surface area (TPSA) is 90.8 Å². The number of rotatable bonds is 3. The number of nitrogens with zero attached hydrogens (tertiary/aromatic N) is 1. The van der Waals surface area contributed by atoms with Crippen LogP contribution in [0.15, 0.2) is 5.10 Å². The summed E-state index contributed by atoms with van der Waals surface area (Å²) in [7, 11) is 0. The van der Waals surface area contributed by atoms with Crippen molar-refractivity contribution < 1.29 is 14.7 Å². The SMILES string of the molecule is C[C@@H](CO)NC(=O)C1=NNC(=O)C1. The minimum absolute atomic E-state index is 0.00395. The van der Waals surface area contributed by atoms with Crippen LogP contribution in [0.2, 0.25) is 0 Å². The molecule has 1 aliphatic rings. The highest BCUT2D eigenvalue weighted by Gasteiger charge is 2.21. The number of nitrogens with one attached hydrogen (secondary N) is 2. The third-order valence-electron chi connectivity index (χ3n) is 1.56. The van der Waals surface area contributed by atoms with E-state index >= 15 is 0 Å². The van der Waals surface area contributed by atoms with E-state index in [1.807, 2.05) is 0 Å². The molecule has 72 valence electrons. The number of carbonyl (C=O) groups excluding carboxylic acids is 2. The van der Waals surface area contributed by atoms with Gasteiger partial charge in [-0.3, -0.25) is 9.59 Å². The molecule has 0 saturated heterocycles. The molecule has 13 heavy (non-hydrogen) atoms. The van der Waals surface area contributed by atoms with E-state index in [1.165, 1.54) is 0 Å². The Bertz CT molecular complexity index is 262. The Labute approximate surface area is 75.0 Å². The maximum Gasteiger partial charge on any atom is 0.268 e. The molecule has 0 aliphatic carbocycles. The monoisotopic (exact) mass is 185 g/mol. The van der Waals surface area contributed by atoms with Crippen LogP contribution in [0.4, 0.5) is 0 Å². The summed E-state index contributed by atoms with van der Waals surface area (Å²) in [6.45, 7) is 1.52. The summed E-state index contributed by atoms with van der Waals surface area (Å²) in [5.41, 5.74) is 2.33. The molecule has 0 unspecified atom stereocenters. The van der Waals surface area contributed by atoms with Crippen LogP contribution in [-0.4, -0.2) is 35.3 Å². The van der Waals surface area contributed by atoms with Crippen molar-refractivity contribution in [3.8, 4) is 0 Å². The zero-order chi connectivity index (χ0) is 9.84. The third kappa shape index (κ3) is 2.51. The van der Waals surface area contributed by atoms with Crippen LogP contribution in [0.3, 0.4) is 0 Å². The standard InChI is InChI=1S/C7H11N3O3/c1-4(3-11)8-7(13)5-2-6(12)10-9-5/h4,11H,2-3H2,1H3,(H,8,13)(H,10,12)/t4-/m0/s1. The molecule has 0 bridgehead atoms. The second-order valence-corrected chi connectivity index (χ2v) is 2.83. The predicted octanol–water partition coefficient (Wildman–Crippen LogP) is -1.64. The van der Waals surface area contributed by atoms with E-state index in [9.17, 15) is 9.59 Å². The van der Waals surface area contributed by atoms with E-state index in [0.29, 0.717) is 0 Å². The fourth-order valence-electron chi connectivity index (χ4n) is 0.845. The number of hydrogen-bond acceptors (Lipinski definition) is 4. The van der Waals surface area contributed by atoms with E-state index in [-0.39, 0.29) is 30.7 Å². The maximum absolute atomic E-state index is 11.2. The van der Waals surface area contributed by atoms with Crippen LogP contribution < -0.4 is 10.7 Å². The van der Waals surface area contributed by atoms with Gasteiger partial charge in [-0.05, 0) is 6.92 Å². The van der Waals surface area contributed by atoms with Gasteiger partial charge in [-0.2, -0.15) is 5.10 Å². The summed E-state index contributed by atoms with van der Waals surface area (Å²) in [4.78, 5) is 21.9. The Balaban J connectivity index is 2.45. The first-order chi connectivity index (χ1) is 6.13. The molecule has 6 heteroatoms. The van der Waals surface area contributed by atoms with E-state index in [2.05, 4.69) is 15.8 Å². The van der Waals surface area contributed by atoms with Gasteiger partial charge in [-0.1, -0.05) is 0 Å². The minimum atomic E-state index is -0.417. The smallest absolute Gasteiger partial charge is 0.268 e. The molecule has 0 saturated carbocycles. The lowest BCUT2D eigenvalue weighted by Crippen LogP contribution is -2.39. The largest absolute Gasteiger partial charge is 0.394 e. The van der Waals surface area contributed by atoms with Gasteiger partial charge in [0.25, 0.3) is 5.91 Å². The molecule has 1 rings (SSSR count). The summed E-state index contributed by atoms with van der Waals surface area (Å²) in [6.07, 6.45) is 0.00395. The average Bonchev–Trinajstić information content (AvgIpc) is 2.51. The molecule has 0 spiro atoms. The molecule has 1 atom stereocenters. The summed E-state index contributed by atoms with van der Waals surface area (Å²) in [5.74, 6) is -0.707. The predicted molar refractivity (Wildman–Crippen MR) is 44.9 cm³/mol. The molecule has 6 nitrogen and oxygen atoms in total. The number of aliphatic hydroxyl groups is 1. The molecular formula is C7H11N3O3. The van der Waals surface area contributed by atoms with Crippen molar-refractivity contribution in [1.29, 1.82) is 0 Å². The molecule has 0 radical (unpaired) electrons. The van der Waals surface area contributed by atoms with Crippen molar-refractivity contribution in [3.05, 3.63) is 0 Å². The first-order valence-electron chi connectivity index (χ1n) is 3.90. The lowest BCUT2D eigenvalue weighted by atomic mass is 10.2. The van der Waals surface area contributed by atoms with Crippen LogP contribution in [0.1, 0.15) is 13.3 Å². The molecule has 0 aromatic heterocycles. The van der Waals surface area contributed by atoms with Gasteiger partial charge in [0.1, 0.15) is 5.71 Å². The van der Waals surface area contributed by atoms with E-state index in [0.717, 1.165) is 0 Å². The van der Waals surface area contributed by atoms with Crippen molar-refractivity contribution >= 4 is 17.5 Å². The van der Waals surface area contributed by atoms with Crippen LogP contribution in [0.25, 0.3) is 0 Å². The molecule has 0 aromatic carbocycles. The molecule has 0 aromatic rings. The Hall–Kier alpha value is -1.43. The van der Waals surface area contributed by atoms with Crippen LogP contribution in [0, 0.1) is 0 Å². The minimum Gasteiger partial charge on any atom is -0.394 e. The van der Waals surface area contributed by atoms with Gasteiger partial charge in [0.05, 0.1) is 13.0 Å². The van der Waals surface area contributed by atoms with Crippen molar-refractivity contribution in [2.24, 2.45) is 5.10 Å². The molecule has 1 aliphatic heterocycles. The van der Waals surface area contributed by atoms with E-state index < -0.39 is 5.91 Å². The van der Waals surface area contributed by atoms with Gasteiger partial charge in [-0.25, -0.2) is 5.43 Å². The van der Waals surface area contributed by atoms with Crippen LogP contribution in [-0.2, 0) is 9.59 Å². The highest BCUT2D eigenvalue weighted by molar-refractivity contribution is 6.43. The van der Waals surface area contributed by atoms with Gasteiger partial charge in [-0.15, -0.1) is 0 Å². The first kappa shape index (κ1) is 9.66. The second-order valence-electron chi connectivity index (χ2n) is 2.83. The number of aliphatic hydroxyl groups excluding tert-OH is 1. The average molecular weight is 185 g/mol. The van der Waals surface area contributed by atoms with Gasteiger partial charge >= 0.3 is 0 Å². The normalized spacial score (nSPS) is 17.7. The molecule has 0 fully saturated rings. The fraction of sp³-hybridized carbons (Fsp3) is 0.571. The number of hydrazone groups is 1. The van der Waals surface area contributed by atoms with Crippen molar-refractivity contribution in [2.75, 3.05) is 6.61 Å². The molecule has 1 heterocycles. The molecular weight excluding hydrogens is 174 g/mol. The Morgan fingerprint density at radius 1 is 1.85 bits per heavy atom. The fourth-order valence-corrected chi connectivity index (χ4v) is 0.845. The lowest BCUT2D eigenvalue weighted by Gasteiger charge is -2.09. The summed E-state index contributed by atoms with van der Waals surface area (Å²) in [5, 5.41) is 14.6. The molecule has 3 N–H and O–H groups in total. The number of carbonyl (C=O) groups is 2. The van der Waals surface area contributed by atoms with E-state index in [4.69, 9.17) is 5.11 Å². The summed E-state index contributed by atoms with van der Waals surface area (Å²) < 4.78 is 0. The highest BCUT2D eigenvalue weighted by Crippen LogP contribution is 1.95. The van der Waals surface area contributed by atoms with Gasteiger partial charge in [0, 0.05) is 6.04 Å². The van der Waals surface area contributed by atoms with Crippen molar-refractivity contribution in [1.82, 2.24) is 10.7 Å². The number of hydrogen-bond donors (Lipinski definition) is 3. The zero-order valence-electron chi connectivity index (χ0n) is 7.20. The lowest BCUT2D eigenvalue weighted by molar-refractivity contribution is -0.120. The summed E-state index contributed by atoms with van der Waals surface area (Å²) in [6, 6.07) is -0.328. The zero-order valence-corrected chi connectivity index (χ0v) is 7.20. The highest BCUT2D eigenvalue weighted by atomic mass is 16.3. The van der Waals surface area contributed by atoms with Gasteiger partial charge in [0.15, 0.2) is 0 Å². The Morgan fingerprint density at radius 3 is 3.00 bits per heavy atom. The Morgan fingerprint density at radius 2 is 2.54 bits per heavy atom. The third-order valence-corrected chi connectivity index (χ3v) is 1.56. The van der Waals surface area contributed by atoms with Crippen molar-refractivity contribution in [3.63, 3.8) is 0 Å². The first-order valence-corrected chi connectivity index (χ1v) is 3.90. The number of amides is 2. The van der Waals surface area contributed by atoms with Crippen LogP contribution in [0.5, 0.6) is 0 Å². The van der Waals surface area contributed by atoms with Gasteiger partial charge in [0.2, 0.25) is 5.91 Å². The Kier molecular flexibility index (Phi) is 2.97. The van der Waals surface area contributed by atoms with E-state index in [1.54, 1.807) is 6.92 Å². The quantitative estimate of drug-likeness (QED) is 0.492. The second kappa shape index (κ2) is 3.99.